The van der Waals surface area contributed by atoms with Gasteiger partial charge in [0.15, 0.2) is 0 Å². The fraction of sp³-hybridized carbons (Fsp3) is 0.500. The van der Waals surface area contributed by atoms with Crippen LogP contribution in [0, 0.1) is 0 Å². The van der Waals surface area contributed by atoms with E-state index in [9.17, 15) is 0 Å². The van der Waals surface area contributed by atoms with Gasteiger partial charge in [-0.1, -0.05) is 37.5 Å². The number of H-pyrrole nitrogens is 1. The van der Waals surface area contributed by atoms with Crippen molar-refractivity contribution in [1.82, 2.24) is 19.8 Å². The number of benzene rings is 1. The third-order valence-electron chi connectivity index (χ3n) is 6.66. The van der Waals surface area contributed by atoms with Crippen molar-refractivity contribution in [3.8, 4) is 0 Å². The molecule has 0 aliphatic heterocycles. The Kier molecular flexibility index (Phi) is 7.54. The summed E-state index contributed by atoms with van der Waals surface area (Å²) in [4.78, 5) is 12.8. The van der Waals surface area contributed by atoms with Crippen LogP contribution in [-0.4, -0.2) is 45.9 Å². The maximum Gasteiger partial charge on any atom is 0.0457 e. The average molecular weight is 405 g/mol. The first-order chi connectivity index (χ1) is 14.8. The molecule has 0 spiro atoms. The highest BCUT2D eigenvalue weighted by Gasteiger charge is 2.17. The first kappa shape index (κ1) is 21.1. The summed E-state index contributed by atoms with van der Waals surface area (Å²) >= 11 is 0. The van der Waals surface area contributed by atoms with Gasteiger partial charge < -0.3 is 9.88 Å². The van der Waals surface area contributed by atoms with Crippen LogP contribution in [-0.2, 0) is 13.1 Å². The molecule has 1 fully saturated rings. The molecule has 4 rings (SSSR count). The van der Waals surface area contributed by atoms with Crippen molar-refractivity contribution in [2.24, 2.45) is 0 Å². The molecule has 0 saturated heterocycles. The Labute approximate surface area is 181 Å². The van der Waals surface area contributed by atoms with E-state index in [1.54, 1.807) is 0 Å². The number of nitrogens with one attached hydrogen (secondary N) is 1. The van der Waals surface area contributed by atoms with Crippen LogP contribution >= 0.6 is 0 Å². The van der Waals surface area contributed by atoms with E-state index >= 15 is 0 Å². The zero-order valence-corrected chi connectivity index (χ0v) is 18.4. The lowest BCUT2D eigenvalue weighted by molar-refractivity contribution is 0.182. The van der Waals surface area contributed by atoms with E-state index in [2.05, 4.69) is 69.4 Å². The van der Waals surface area contributed by atoms with Gasteiger partial charge in [0.2, 0.25) is 0 Å². The molecule has 30 heavy (non-hydrogen) atoms. The quantitative estimate of drug-likeness (QED) is 0.446. The van der Waals surface area contributed by atoms with Crippen LogP contribution in [0.3, 0.4) is 0 Å². The summed E-state index contributed by atoms with van der Waals surface area (Å²) in [6, 6.07) is 13.7. The van der Waals surface area contributed by atoms with E-state index in [4.69, 9.17) is 0 Å². The highest BCUT2D eigenvalue weighted by molar-refractivity contribution is 5.82. The van der Waals surface area contributed by atoms with Gasteiger partial charge in [0.1, 0.15) is 0 Å². The largest absolute Gasteiger partial charge is 0.361 e. The second kappa shape index (κ2) is 10.7. The van der Waals surface area contributed by atoms with Crippen molar-refractivity contribution in [1.29, 1.82) is 0 Å². The van der Waals surface area contributed by atoms with Gasteiger partial charge in [-0.25, -0.2) is 0 Å². The van der Waals surface area contributed by atoms with Crippen LogP contribution in [0.25, 0.3) is 10.9 Å². The molecule has 0 atom stereocenters. The van der Waals surface area contributed by atoms with Gasteiger partial charge in [0.05, 0.1) is 0 Å². The molecule has 1 aliphatic rings. The summed E-state index contributed by atoms with van der Waals surface area (Å²) in [5.74, 6) is 0. The molecule has 2 aromatic heterocycles. The third kappa shape index (κ3) is 5.71. The maximum absolute atomic E-state index is 4.18. The summed E-state index contributed by atoms with van der Waals surface area (Å²) in [5.41, 5.74) is 3.95. The molecule has 1 saturated carbocycles. The molecule has 1 aliphatic carbocycles. The van der Waals surface area contributed by atoms with Crippen LogP contribution in [0.2, 0.25) is 0 Å². The maximum atomic E-state index is 4.18. The SMILES string of the molecule is CN(CCCCN(Cc1ccncc1)Cc1c[nH]c2ccccc12)C1CCCCC1. The number of hydrogen-bond donors (Lipinski definition) is 1. The van der Waals surface area contributed by atoms with Gasteiger partial charge in [-0.2, -0.15) is 0 Å². The Morgan fingerprint density at radius 3 is 2.53 bits per heavy atom. The minimum Gasteiger partial charge on any atom is -0.361 e. The lowest BCUT2D eigenvalue weighted by Gasteiger charge is -2.31. The second-order valence-electron chi connectivity index (χ2n) is 8.91. The highest BCUT2D eigenvalue weighted by Crippen LogP contribution is 2.23. The van der Waals surface area contributed by atoms with Crippen LogP contribution in [0.4, 0.5) is 0 Å². The number of aromatic amines is 1. The van der Waals surface area contributed by atoms with E-state index in [0.29, 0.717) is 0 Å². The van der Waals surface area contributed by atoms with Gasteiger partial charge in [-0.3, -0.25) is 9.88 Å². The van der Waals surface area contributed by atoms with Crippen LogP contribution in [0.15, 0.2) is 55.0 Å². The lowest BCUT2D eigenvalue weighted by Crippen LogP contribution is -2.34. The van der Waals surface area contributed by atoms with Crippen molar-refractivity contribution in [2.45, 2.75) is 64.1 Å². The molecular formula is C26H36N4. The fourth-order valence-corrected chi connectivity index (χ4v) is 4.86. The van der Waals surface area contributed by atoms with Crippen molar-refractivity contribution < 1.29 is 0 Å². The number of para-hydroxylation sites is 1. The molecule has 160 valence electrons. The fourth-order valence-electron chi connectivity index (χ4n) is 4.86. The summed E-state index contributed by atoms with van der Waals surface area (Å²) < 4.78 is 0. The zero-order valence-electron chi connectivity index (χ0n) is 18.4. The number of aromatic nitrogens is 2. The number of unbranched alkanes of at least 4 members (excludes halogenated alkanes) is 1. The molecule has 0 amide bonds. The van der Waals surface area contributed by atoms with Crippen LogP contribution < -0.4 is 0 Å². The predicted octanol–water partition coefficient (Wildman–Crippen LogP) is 5.61. The molecule has 1 N–H and O–H groups in total. The number of rotatable bonds is 10. The van der Waals surface area contributed by atoms with E-state index in [-0.39, 0.29) is 0 Å². The predicted molar refractivity (Wildman–Crippen MR) is 125 cm³/mol. The van der Waals surface area contributed by atoms with E-state index in [1.165, 1.54) is 73.5 Å². The molecule has 3 aromatic rings. The van der Waals surface area contributed by atoms with E-state index in [0.717, 1.165) is 25.7 Å². The average Bonchev–Trinajstić information content (AvgIpc) is 3.20. The molecule has 0 unspecified atom stereocenters. The molecule has 0 bridgehead atoms. The monoisotopic (exact) mass is 404 g/mol. The summed E-state index contributed by atoms with van der Waals surface area (Å²) in [7, 11) is 2.33. The molecular weight excluding hydrogens is 368 g/mol. The Balaban J connectivity index is 1.34. The number of nitrogens with zero attached hydrogens (tertiary/aromatic N) is 3. The summed E-state index contributed by atoms with van der Waals surface area (Å²) in [6.07, 6.45) is 15.5. The van der Waals surface area contributed by atoms with Gasteiger partial charge in [0, 0.05) is 48.6 Å². The molecule has 4 nitrogen and oxygen atoms in total. The smallest absolute Gasteiger partial charge is 0.0457 e. The minimum absolute atomic E-state index is 0.817. The Bertz CT molecular complexity index is 882. The van der Waals surface area contributed by atoms with Gasteiger partial charge >= 0.3 is 0 Å². The first-order valence-corrected chi connectivity index (χ1v) is 11.7. The van der Waals surface area contributed by atoms with Crippen molar-refractivity contribution in [2.75, 3.05) is 20.1 Å². The molecule has 1 aromatic carbocycles. The topological polar surface area (TPSA) is 35.2 Å². The summed E-state index contributed by atoms with van der Waals surface area (Å²) in [6.45, 7) is 4.30. The Morgan fingerprint density at radius 2 is 1.70 bits per heavy atom. The second-order valence-corrected chi connectivity index (χ2v) is 8.91. The number of fused-ring (bicyclic) bond motifs is 1. The number of pyridine rings is 1. The Hall–Kier alpha value is -2.17. The van der Waals surface area contributed by atoms with Crippen molar-refractivity contribution >= 4 is 10.9 Å². The van der Waals surface area contributed by atoms with Gasteiger partial charge in [0.25, 0.3) is 0 Å². The molecule has 4 heteroatoms. The summed E-state index contributed by atoms with van der Waals surface area (Å²) in [5, 5.41) is 1.34. The normalized spacial score (nSPS) is 15.4. The van der Waals surface area contributed by atoms with E-state index < -0.39 is 0 Å². The van der Waals surface area contributed by atoms with Gasteiger partial charge in [-0.15, -0.1) is 0 Å². The van der Waals surface area contributed by atoms with Gasteiger partial charge in [-0.05, 0) is 75.1 Å². The van der Waals surface area contributed by atoms with Crippen molar-refractivity contribution in [3.05, 3.63) is 66.1 Å². The zero-order chi connectivity index (χ0) is 20.6. The van der Waals surface area contributed by atoms with E-state index in [1.807, 2.05) is 12.4 Å². The van der Waals surface area contributed by atoms with Crippen molar-refractivity contribution in [3.63, 3.8) is 0 Å². The first-order valence-electron chi connectivity index (χ1n) is 11.7. The Morgan fingerprint density at radius 1 is 0.933 bits per heavy atom. The van der Waals surface area contributed by atoms with Crippen LogP contribution in [0.5, 0.6) is 0 Å². The lowest BCUT2D eigenvalue weighted by atomic mass is 9.94. The van der Waals surface area contributed by atoms with Crippen LogP contribution in [0.1, 0.15) is 56.1 Å². The molecule has 0 radical (unpaired) electrons. The highest BCUT2D eigenvalue weighted by atomic mass is 15.1. The minimum atomic E-state index is 0.817. The third-order valence-corrected chi connectivity index (χ3v) is 6.66. The number of hydrogen-bond acceptors (Lipinski definition) is 3. The standard InChI is InChI=1S/C26H36N4/c1-29(24-9-3-2-4-10-24)17-7-8-18-30(20-22-13-15-27-16-14-22)21-23-19-28-26-12-6-5-11-25(23)26/h5-6,11-16,19,24,28H,2-4,7-10,17-18,20-21H2,1H3. The molecule has 2 heterocycles.